The van der Waals surface area contributed by atoms with Crippen LogP contribution in [0.1, 0.15) is 44.9 Å². The molecule has 0 atom stereocenters. The number of fused-ring (bicyclic) bond motifs is 1. The van der Waals surface area contributed by atoms with Crippen molar-refractivity contribution in [2.45, 2.75) is 45.6 Å². The lowest BCUT2D eigenvalue weighted by molar-refractivity contribution is 0.262. The fraction of sp³-hybridized carbons (Fsp3) is 0.294. The van der Waals surface area contributed by atoms with E-state index in [0.717, 1.165) is 33.2 Å². The van der Waals surface area contributed by atoms with Crippen molar-refractivity contribution >= 4 is 28.2 Å². The number of carbonyl (C=O) groups excluding carboxylic acids is 1. The average Bonchev–Trinajstić information content (AvgIpc) is 2.98. The molecule has 1 aromatic heterocycles. The van der Waals surface area contributed by atoms with Gasteiger partial charge < -0.3 is 15.4 Å². The van der Waals surface area contributed by atoms with Crippen LogP contribution >= 0.6 is 0 Å². The zero-order valence-electron chi connectivity index (χ0n) is 24.6. The molecule has 2 N–H and O–H groups in total. The molecule has 214 valence electrons. The number of urea groups is 1. The summed E-state index contributed by atoms with van der Waals surface area (Å²) in [4.78, 5) is 19.9. The summed E-state index contributed by atoms with van der Waals surface area (Å²) in [5.41, 5.74) is 5.13. The van der Waals surface area contributed by atoms with Gasteiger partial charge in [-0.15, -0.1) is 0 Å². The molecule has 4 rings (SSSR count). The maximum absolute atomic E-state index is 13.1. The lowest BCUT2D eigenvalue weighted by Crippen LogP contribution is -2.25. The number of nitrogens with one attached hydrogen (secondary N) is 2. The van der Waals surface area contributed by atoms with Gasteiger partial charge in [-0.2, -0.15) is 10.5 Å². The predicted octanol–water partition coefficient (Wildman–Crippen LogP) is 7.48. The van der Waals surface area contributed by atoms with Crippen LogP contribution in [-0.4, -0.2) is 36.1 Å². The molecule has 1 heterocycles. The zero-order valence-corrected chi connectivity index (χ0v) is 24.6. The molecule has 0 radical (unpaired) electrons. The normalized spacial score (nSPS) is 11.1. The van der Waals surface area contributed by atoms with Crippen LogP contribution in [-0.2, 0) is 12.0 Å². The summed E-state index contributed by atoms with van der Waals surface area (Å²) in [6.07, 6.45) is 2.66. The lowest BCUT2D eigenvalue weighted by Gasteiger charge is -2.21. The highest BCUT2D eigenvalue weighted by molar-refractivity contribution is 6.10. The molecular weight excluding hydrogens is 524 g/mol. The van der Waals surface area contributed by atoms with Crippen LogP contribution < -0.4 is 15.4 Å². The Morgan fingerprint density at radius 3 is 2.21 bits per heavy atom. The second-order valence-electron chi connectivity index (χ2n) is 11.1. The number of hydrogen-bond donors (Lipinski definition) is 2. The Bertz CT molecular complexity index is 1610. The van der Waals surface area contributed by atoms with E-state index in [9.17, 15) is 4.79 Å². The Morgan fingerprint density at radius 1 is 0.905 bits per heavy atom. The second-order valence-corrected chi connectivity index (χ2v) is 11.1. The Hall–Kier alpha value is -4.92. The standard InChI is InChI=1S/C34H36N6O2/c1-34(2,3)25-12-16-32(42-4)31(21-25)39-33(41)38-30-15-14-27(28-9-5-6-10-29(28)30)24-11-13-26(37-22-24)23-40(19-7-17-35)20-8-18-36/h5-6,9-16,21-22H,7-8,19-20,23H2,1-4H3,(H2,38,39,41). The molecule has 0 saturated heterocycles. The Labute approximate surface area is 247 Å². The van der Waals surface area contributed by atoms with Crippen molar-refractivity contribution < 1.29 is 9.53 Å². The van der Waals surface area contributed by atoms with Gasteiger partial charge in [0.25, 0.3) is 0 Å². The maximum Gasteiger partial charge on any atom is 0.323 e. The van der Waals surface area contributed by atoms with Gasteiger partial charge in [-0.25, -0.2) is 4.79 Å². The molecule has 0 bridgehead atoms. The number of carbonyl (C=O) groups is 1. The molecule has 0 spiro atoms. The molecule has 8 nitrogen and oxygen atoms in total. The largest absolute Gasteiger partial charge is 0.495 e. The van der Waals surface area contributed by atoms with Gasteiger partial charge in [-0.3, -0.25) is 9.88 Å². The highest BCUT2D eigenvalue weighted by Gasteiger charge is 2.18. The Balaban J connectivity index is 1.55. The highest BCUT2D eigenvalue weighted by atomic mass is 16.5. The van der Waals surface area contributed by atoms with E-state index in [0.29, 0.717) is 49.6 Å². The minimum absolute atomic E-state index is 0.0770. The number of nitrogens with zero attached hydrogens (tertiary/aromatic N) is 4. The first-order valence-electron chi connectivity index (χ1n) is 13.9. The van der Waals surface area contributed by atoms with E-state index in [-0.39, 0.29) is 11.4 Å². The summed E-state index contributed by atoms with van der Waals surface area (Å²) in [5.74, 6) is 0.590. The first-order valence-corrected chi connectivity index (χ1v) is 13.9. The van der Waals surface area contributed by atoms with E-state index in [1.807, 2.05) is 72.9 Å². The van der Waals surface area contributed by atoms with Crippen molar-refractivity contribution in [3.63, 3.8) is 0 Å². The summed E-state index contributed by atoms with van der Waals surface area (Å²) >= 11 is 0. The predicted molar refractivity (Wildman–Crippen MR) is 167 cm³/mol. The zero-order chi connectivity index (χ0) is 30.1. The first-order chi connectivity index (χ1) is 20.2. The number of methoxy groups -OCH3 is 1. The van der Waals surface area contributed by atoms with E-state index in [1.165, 1.54) is 0 Å². The summed E-state index contributed by atoms with van der Waals surface area (Å²) in [6.45, 7) is 8.14. The number of anilines is 2. The smallest absolute Gasteiger partial charge is 0.323 e. The van der Waals surface area contributed by atoms with Crippen molar-refractivity contribution in [2.75, 3.05) is 30.8 Å². The SMILES string of the molecule is COc1ccc(C(C)(C)C)cc1NC(=O)Nc1ccc(-c2ccc(CN(CCC#N)CCC#N)nc2)c2ccccc12. The topological polar surface area (TPSA) is 114 Å². The highest BCUT2D eigenvalue weighted by Crippen LogP contribution is 2.34. The van der Waals surface area contributed by atoms with Gasteiger partial charge >= 0.3 is 6.03 Å². The number of hydrogen-bond acceptors (Lipinski definition) is 6. The number of benzene rings is 3. The van der Waals surface area contributed by atoms with E-state index >= 15 is 0 Å². The number of aromatic nitrogens is 1. The van der Waals surface area contributed by atoms with Gasteiger partial charge in [0.15, 0.2) is 0 Å². The van der Waals surface area contributed by atoms with Crippen LogP contribution in [0, 0.1) is 22.7 Å². The molecule has 0 aliphatic carbocycles. The molecule has 3 aromatic carbocycles. The van der Waals surface area contributed by atoms with Gasteiger partial charge in [0.05, 0.1) is 36.3 Å². The molecule has 2 amide bonds. The third-order valence-electron chi connectivity index (χ3n) is 7.09. The van der Waals surface area contributed by atoms with E-state index in [1.54, 1.807) is 7.11 Å². The molecule has 0 saturated carbocycles. The van der Waals surface area contributed by atoms with E-state index in [2.05, 4.69) is 53.4 Å². The number of ether oxygens (including phenoxy) is 1. The minimum atomic E-state index is -0.361. The third kappa shape index (κ3) is 7.42. The minimum Gasteiger partial charge on any atom is -0.495 e. The van der Waals surface area contributed by atoms with Gasteiger partial charge in [-0.1, -0.05) is 63.2 Å². The maximum atomic E-state index is 13.1. The quantitative estimate of drug-likeness (QED) is 0.208. The van der Waals surface area contributed by atoms with Gasteiger partial charge in [0.2, 0.25) is 0 Å². The third-order valence-corrected chi connectivity index (χ3v) is 7.09. The molecule has 0 aliphatic heterocycles. The monoisotopic (exact) mass is 560 g/mol. The molecule has 4 aromatic rings. The van der Waals surface area contributed by atoms with Crippen molar-refractivity contribution in [3.05, 3.63) is 84.2 Å². The van der Waals surface area contributed by atoms with Crippen molar-refractivity contribution in [3.8, 4) is 29.0 Å². The summed E-state index contributed by atoms with van der Waals surface area (Å²) in [6, 6.07) is 25.6. The lowest BCUT2D eigenvalue weighted by atomic mass is 9.87. The van der Waals surface area contributed by atoms with Crippen molar-refractivity contribution in [1.29, 1.82) is 10.5 Å². The Kier molecular flexibility index (Phi) is 9.75. The second kappa shape index (κ2) is 13.6. The molecule has 0 fully saturated rings. The van der Waals surface area contributed by atoms with Gasteiger partial charge in [-0.05, 0) is 46.2 Å². The molecular formula is C34H36N6O2. The average molecular weight is 561 g/mol. The van der Waals surface area contributed by atoms with Crippen LogP contribution in [0.2, 0.25) is 0 Å². The summed E-state index contributed by atoms with van der Waals surface area (Å²) < 4.78 is 5.49. The molecule has 0 unspecified atom stereocenters. The van der Waals surface area contributed by atoms with Crippen LogP contribution in [0.3, 0.4) is 0 Å². The molecule has 42 heavy (non-hydrogen) atoms. The summed E-state index contributed by atoms with van der Waals surface area (Å²) in [5, 5.41) is 25.8. The molecule has 8 heteroatoms. The summed E-state index contributed by atoms with van der Waals surface area (Å²) in [7, 11) is 1.59. The first kappa shape index (κ1) is 30.0. The number of amides is 2. The van der Waals surface area contributed by atoms with Gasteiger partial charge in [0, 0.05) is 49.6 Å². The van der Waals surface area contributed by atoms with Crippen LogP contribution in [0.25, 0.3) is 21.9 Å². The van der Waals surface area contributed by atoms with Gasteiger partial charge in [0.1, 0.15) is 5.75 Å². The number of nitriles is 2. The van der Waals surface area contributed by atoms with Crippen molar-refractivity contribution in [1.82, 2.24) is 9.88 Å². The Morgan fingerprint density at radius 2 is 1.60 bits per heavy atom. The van der Waals surface area contributed by atoms with E-state index in [4.69, 9.17) is 15.3 Å². The fourth-order valence-corrected chi connectivity index (χ4v) is 4.80. The van der Waals surface area contributed by atoms with Crippen LogP contribution in [0.5, 0.6) is 5.75 Å². The molecule has 0 aliphatic rings. The number of pyridine rings is 1. The fourth-order valence-electron chi connectivity index (χ4n) is 4.80. The van der Waals surface area contributed by atoms with Crippen LogP contribution in [0.15, 0.2) is 72.9 Å². The number of rotatable bonds is 10. The van der Waals surface area contributed by atoms with E-state index < -0.39 is 0 Å². The van der Waals surface area contributed by atoms with Crippen LogP contribution in [0.4, 0.5) is 16.2 Å². The van der Waals surface area contributed by atoms with Crippen molar-refractivity contribution in [2.24, 2.45) is 0 Å².